The first-order chi connectivity index (χ1) is 4.43. The van der Waals surface area contributed by atoms with Crippen LogP contribution in [-0.4, -0.2) is 12.6 Å². The van der Waals surface area contributed by atoms with Crippen molar-refractivity contribution in [2.45, 2.75) is 46.1 Å². The summed E-state index contributed by atoms with van der Waals surface area (Å²) in [5.74, 6) is 0. The minimum absolute atomic E-state index is 0. The van der Waals surface area contributed by atoms with E-state index in [-0.39, 0.29) is 1.43 Å². The Balaban J connectivity index is 0. The van der Waals surface area contributed by atoms with Crippen LogP contribution in [-0.2, 0) is 0 Å². The predicted molar refractivity (Wildman–Crippen MR) is 44.8 cm³/mol. The Hall–Kier alpha value is -0.0400. The van der Waals surface area contributed by atoms with Crippen molar-refractivity contribution < 1.29 is 1.43 Å². The molecule has 0 saturated carbocycles. The van der Waals surface area contributed by atoms with Crippen molar-refractivity contribution in [2.75, 3.05) is 6.54 Å². The highest BCUT2D eigenvalue weighted by molar-refractivity contribution is 4.71. The summed E-state index contributed by atoms with van der Waals surface area (Å²) >= 11 is 0. The first-order valence-electron chi connectivity index (χ1n) is 4.17. The van der Waals surface area contributed by atoms with Crippen molar-refractivity contribution in [3.8, 4) is 0 Å². The molecular weight excluding hydrogens is 110 g/mol. The Labute approximate surface area is 60.3 Å². The smallest absolute Gasteiger partial charge is 0.00649 e. The summed E-state index contributed by atoms with van der Waals surface area (Å²) in [6.45, 7) is 7.49. The van der Waals surface area contributed by atoms with Crippen LogP contribution in [0.3, 0.4) is 0 Å². The molecule has 0 bridgehead atoms. The second kappa shape index (κ2) is 6.09. The maximum Gasteiger partial charge on any atom is 0.00649 e. The number of hydrogen-bond acceptors (Lipinski definition) is 1. The summed E-state index contributed by atoms with van der Waals surface area (Å²) in [6, 6.07) is 0.847. The maximum atomic E-state index is 3.41. The average Bonchev–Trinajstić information content (AvgIpc) is 2.43. The molecule has 1 atom stereocenters. The fourth-order valence-corrected chi connectivity index (χ4v) is 1.11. The molecule has 1 nitrogen and oxygen atoms in total. The molecule has 1 aliphatic heterocycles. The Bertz CT molecular complexity index is 51.2. The van der Waals surface area contributed by atoms with Crippen LogP contribution in [0.15, 0.2) is 0 Å². The van der Waals surface area contributed by atoms with Crippen LogP contribution in [0.5, 0.6) is 0 Å². The molecule has 1 fully saturated rings. The summed E-state index contributed by atoms with van der Waals surface area (Å²) in [6.07, 6.45) is 4.09. The number of rotatable bonds is 1. The third-order valence-electron chi connectivity index (χ3n) is 1.66. The molecule has 1 N–H and O–H groups in total. The first-order valence-corrected chi connectivity index (χ1v) is 4.17. The Kier molecular flexibility index (Phi) is 6.06. The van der Waals surface area contributed by atoms with Crippen LogP contribution in [0.2, 0.25) is 0 Å². The van der Waals surface area contributed by atoms with Gasteiger partial charge in [-0.2, -0.15) is 0 Å². The van der Waals surface area contributed by atoms with Crippen molar-refractivity contribution in [1.29, 1.82) is 0 Å². The molecular formula is C8H21N. The van der Waals surface area contributed by atoms with E-state index in [9.17, 15) is 0 Å². The van der Waals surface area contributed by atoms with Crippen LogP contribution in [0, 0.1) is 0 Å². The molecule has 1 aliphatic rings. The van der Waals surface area contributed by atoms with Crippen LogP contribution in [0.1, 0.15) is 41.5 Å². The van der Waals surface area contributed by atoms with Crippen molar-refractivity contribution in [2.24, 2.45) is 0 Å². The molecule has 9 heavy (non-hydrogen) atoms. The lowest BCUT2D eigenvalue weighted by Crippen LogP contribution is -2.19. The largest absolute Gasteiger partial charge is 0.314 e. The van der Waals surface area contributed by atoms with E-state index >= 15 is 0 Å². The van der Waals surface area contributed by atoms with Gasteiger partial charge in [0.05, 0.1) is 0 Å². The Morgan fingerprint density at radius 1 is 1.56 bits per heavy atom. The summed E-state index contributed by atoms with van der Waals surface area (Å²) in [5.41, 5.74) is 0. The van der Waals surface area contributed by atoms with Crippen molar-refractivity contribution in [1.82, 2.24) is 5.32 Å². The average molecular weight is 131 g/mol. The lowest BCUT2D eigenvalue weighted by molar-refractivity contribution is 0.587. The third kappa shape index (κ3) is 3.52. The fourth-order valence-electron chi connectivity index (χ4n) is 1.11. The van der Waals surface area contributed by atoms with E-state index in [1.165, 1.54) is 25.8 Å². The van der Waals surface area contributed by atoms with E-state index in [1.54, 1.807) is 0 Å². The Morgan fingerprint density at radius 3 is 2.44 bits per heavy atom. The van der Waals surface area contributed by atoms with E-state index < -0.39 is 0 Å². The van der Waals surface area contributed by atoms with Crippen LogP contribution in [0.25, 0.3) is 0 Å². The highest BCUT2D eigenvalue weighted by Gasteiger charge is 2.09. The molecule has 1 heterocycles. The molecule has 1 unspecified atom stereocenters. The van der Waals surface area contributed by atoms with Gasteiger partial charge in [-0.05, 0) is 25.8 Å². The van der Waals surface area contributed by atoms with Gasteiger partial charge >= 0.3 is 0 Å². The molecule has 1 saturated heterocycles. The number of nitrogens with one attached hydrogen (secondary N) is 1. The van der Waals surface area contributed by atoms with Crippen molar-refractivity contribution in [3.05, 3.63) is 0 Å². The van der Waals surface area contributed by atoms with Crippen molar-refractivity contribution in [3.63, 3.8) is 0 Å². The molecule has 0 spiro atoms. The zero-order chi connectivity index (χ0) is 7.11. The third-order valence-corrected chi connectivity index (χ3v) is 1.66. The van der Waals surface area contributed by atoms with Gasteiger partial charge in [0.25, 0.3) is 0 Å². The molecule has 0 aromatic carbocycles. The quantitative estimate of drug-likeness (QED) is 0.576. The molecule has 0 aliphatic carbocycles. The second-order valence-electron chi connectivity index (χ2n) is 2.20. The first kappa shape index (κ1) is 8.96. The summed E-state index contributed by atoms with van der Waals surface area (Å²) in [4.78, 5) is 0. The Morgan fingerprint density at radius 2 is 2.22 bits per heavy atom. The van der Waals surface area contributed by atoms with E-state index in [2.05, 4.69) is 12.2 Å². The highest BCUT2D eigenvalue weighted by atomic mass is 14.9. The van der Waals surface area contributed by atoms with E-state index in [4.69, 9.17) is 0 Å². The molecule has 1 rings (SSSR count). The predicted octanol–water partition coefficient (Wildman–Crippen LogP) is 2.42. The zero-order valence-electron chi connectivity index (χ0n) is 6.91. The zero-order valence-corrected chi connectivity index (χ0v) is 6.91. The van der Waals surface area contributed by atoms with E-state index in [1.807, 2.05) is 13.8 Å². The molecule has 1 heteroatoms. The topological polar surface area (TPSA) is 12.0 Å². The standard InChI is InChI=1S/C6H13N.C2H6.H2/c1-2-6-4-3-5-7-6;1-2;/h6-7H,2-5H2,1H3;1-2H3;1H. The lowest BCUT2D eigenvalue weighted by atomic mass is 10.2. The second-order valence-corrected chi connectivity index (χ2v) is 2.20. The molecule has 0 amide bonds. The highest BCUT2D eigenvalue weighted by Crippen LogP contribution is 2.06. The molecule has 0 radical (unpaired) electrons. The van der Waals surface area contributed by atoms with Gasteiger partial charge in [-0.25, -0.2) is 0 Å². The van der Waals surface area contributed by atoms with Gasteiger partial charge in [-0.1, -0.05) is 20.8 Å². The maximum absolute atomic E-state index is 3.41. The summed E-state index contributed by atoms with van der Waals surface area (Å²) in [7, 11) is 0. The van der Waals surface area contributed by atoms with Gasteiger partial charge in [0.15, 0.2) is 0 Å². The minimum atomic E-state index is 0. The SMILES string of the molecule is CC.CCC1CCCN1.[HH]. The van der Waals surface area contributed by atoms with Crippen LogP contribution < -0.4 is 5.32 Å². The van der Waals surface area contributed by atoms with Crippen LogP contribution >= 0.6 is 0 Å². The van der Waals surface area contributed by atoms with Crippen molar-refractivity contribution >= 4 is 0 Å². The van der Waals surface area contributed by atoms with Gasteiger partial charge in [-0.3, -0.25) is 0 Å². The van der Waals surface area contributed by atoms with Gasteiger partial charge in [-0.15, -0.1) is 0 Å². The minimum Gasteiger partial charge on any atom is -0.314 e. The molecule has 0 aromatic rings. The van der Waals surface area contributed by atoms with Gasteiger partial charge < -0.3 is 5.32 Å². The van der Waals surface area contributed by atoms with Gasteiger partial charge in [0, 0.05) is 7.47 Å². The van der Waals surface area contributed by atoms with Gasteiger partial charge in [0.1, 0.15) is 0 Å². The lowest BCUT2D eigenvalue weighted by Gasteiger charge is -2.02. The normalized spacial score (nSPS) is 25.0. The fraction of sp³-hybridized carbons (Fsp3) is 1.00. The summed E-state index contributed by atoms with van der Waals surface area (Å²) in [5, 5.41) is 3.41. The van der Waals surface area contributed by atoms with Crippen LogP contribution in [0.4, 0.5) is 0 Å². The monoisotopic (exact) mass is 131 g/mol. The van der Waals surface area contributed by atoms with E-state index in [0.29, 0.717) is 0 Å². The van der Waals surface area contributed by atoms with Gasteiger partial charge in [0.2, 0.25) is 0 Å². The molecule has 58 valence electrons. The molecule has 0 aromatic heterocycles. The summed E-state index contributed by atoms with van der Waals surface area (Å²) < 4.78 is 0. The van der Waals surface area contributed by atoms with E-state index in [0.717, 1.165) is 6.04 Å². The number of hydrogen-bond donors (Lipinski definition) is 1.